The van der Waals surface area contributed by atoms with Crippen LogP contribution in [-0.4, -0.2) is 58.1 Å². The Balaban J connectivity index is 1.27. The first-order chi connectivity index (χ1) is 23.1. The highest BCUT2D eigenvalue weighted by Gasteiger charge is 2.29. The van der Waals surface area contributed by atoms with E-state index < -0.39 is 6.04 Å². The molecule has 242 valence electrons. The van der Waals surface area contributed by atoms with Crippen molar-refractivity contribution in [2.24, 2.45) is 5.92 Å². The lowest BCUT2D eigenvalue weighted by Crippen LogP contribution is -2.38. The number of hydrogen-bond donors (Lipinski definition) is 3. The number of benzene rings is 3. The molecule has 0 radical (unpaired) electrons. The molecule has 1 saturated heterocycles. The Hall–Kier alpha value is -5.09. The summed E-state index contributed by atoms with van der Waals surface area (Å²) >= 11 is 0. The molecule has 6 aromatic rings. The van der Waals surface area contributed by atoms with Gasteiger partial charge in [0.15, 0.2) is 5.82 Å². The monoisotopic (exact) mass is 632 g/mol. The fraction of sp³-hybridized carbons (Fsp3) is 0.324. The van der Waals surface area contributed by atoms with Gasteiger partial charge in [-0.15, -0.1) is 10.2 Å². The van der Waals surface area contributed by atoms with Crippen LogP contribution >= 0.6 is 0 Å². The second-order valence-corrected chi connectivity index (χ2v) is 12.1. The van der Waals surface area contributed by atoms with Crippen molar-refractivity contribution < 1.29 is 19.0 Å². The summed E-state index contributed by atoms with van der Waals surface area (Å²) in [5.74, 6) is 2.89. The van der Waals surface area contributed by atoms with Gasteiger partial charge < -0.3 is 34.1 Å². The topological polar surface area (TPSA) is 119 Å². The largest absolute Gasteiger partial charge is 0.497 e. The molecule has 3 N–H and O–H groups in total. The molecule has 1 amide bonds. The van der Waals surface area contributed by atoms with E-state index in [-0.39, 0.29) is 11.8 Å². The van der Waals surface area contributed by atoms with Gasteiger partial charge in [-0.05, 0) is 60.5 Å². The van der Waals surface area contributed by atoms with E-state index >= 15 is 0 Å². The van der Waals surface area contributed by atoms with Crippen LogP contribution in [0.2, 0.25) is 0 Å². The Morgan fingerprint density at radius 3 is 2.57 bits per heavy atom. The van der Waals surface area contributed by atoms with Gasteiger partial charge in [0.2, 0.25) is 5.91 Å². The number of H-pyrrole nitrogens is 2. The first kappa shape index (κ1) is 30.6. The molecule has 10 heteroatoms. The van der Waals surface area contributed by atoms with Gasteiger partial charge in [-0.1, -0.05) is 36.4 Å². The molecule has 0 spiro atoms. The number of aryl methyl sites for hydroxylation is 2. The number of nitrogens with one attached hydrogen (secondary N) is 3. The summed E-state index contributed by atoms with van der Waals surface area (Å²) in [6, 6.07) is 24.1. The molecule has 0 aliphatic carbocycles. The number of methoxy groups -OCH3 is 2. The zero-order valence-electron chi connectivity index (χ0n) is 26.8. The zero-order valence-corrected chi connectivity index (χ0v) is 26.8. The number of aromatic amines is 2. The van der Waals surface area contributed by atoms with Crippen LogP contribution in [-0.2, 0) is 35.3 Å². The first-order valence-corrected chi connectivity index (χ1v) is 16.2. The fourth-order valence-electron chi connectivity index (χ4n) is 6.61. The first-order valence-electron chi connectivity index (χ1n) is 16.2. The third-order valence-corrected chi connectivity index (χ3v) is 9.20. The van der Waals surface area contributed by atoms with Crippen LogP contribution < -0.4 is 14.8 Å². The molecule has 3 aromatic heterocycles. The second-order valence-electron chi connectivity index (χ2n) is 12.1. The molecule has 1 atom stereocenters. The molecule has 1 aliphatic heterocycles. The molecular weight excluding hydrogens is 592 g/mol. The lowest BCUT2D eigenvalue weighted by atomic mass is 9.97. The molecule has 10 nitrogen and oxygen atoms in total. The number of aromatic nitrogens is 5. The summed E-state index contributed by atoms with van der Waals surface area (Å²) in [6.07, 6.45) is 5.41. The number of fused-ring (bicyclic) bond motifs is 2. The summed E-state index contributed by atoms with van der Waals surface area (Å²) in [7, 11) is 3.31. The Labute approximate surface area is 273 Å². The molecule has 7 rings (SSSR count). The van der Waals surface area contributed by atoms with Crippen molar-refractivity contribution in [2.45, 2.75) is 44.7 Å². The second kappa shape index (κ2) is 13.7. The van der Waals surface area contributed by atoms with Crippen molar-refractivity contribution in [3.8, 4) is 11.5 Å². The third-order valence-electron chi connectivity index (χ3n) is 9.20. The van der Waals surface area contributed by atoms with Gasteiger partial charge in [0.25, 0.3) is 0 Å². The third kappa shape index (κ3) is 6.59. The van der Waals surface area contributed by atoms with Crippen LogP contribution in [0.4, 0.5) is 0 Å². The Kier molecular flexibility index (Phi) is 8.92. The number of para-hydroxylation sites is 2. The molecule has 4 heterocycles. The number of nitrogens with zero attached hydrogens (tertiary/aromatic N) is 3. The predicted molar refractivity (Wildman–Crippen MR) is 181 cm³/mol. The molecule has 0 saturated carbocycles. The SMILES string of the molecule is COc1ccc(Cn2c(CCc3cc4ccccc4[nH]3)nnc2[C@@H](Cc2c[nH]c3ccccc23)NC(=O)C2CCOCC2)c(OC)c1. The normalized spacial score (nSPS) is 14.4. The number of ether oxygens (including phenoxy) is 3. The van der Waals surface area contributed by atoms with Crippen LogP contribution in [0, 0.1) is 5.92 Å². The van der Waals surface area contributed by atoms with Gasteiger partial charge in [0.1, 0.15) is 17.3 Å². The molecule has 47 heavy (non-hydrogen) atoms. The number of rotatable bonds is 12. The minimum absolute atomic E-state index is 0.0225. The van der Waals surface area contributed by atoms with Gasteiger partial charge in [0.05, 0.1) is 26.8 Å². The highest BCUT2D eigenvalue weighted by atomic mass is 16.5. The molecule has 1 fully saturated rings. The lowest BCUT2D eigenvalue weighted by Gasteiger charge is -2.25. The van der Waals surface area contributed by atoms with E-state index in [0.717, 1.165) is 51.2 Å². The van der Waals surface area contributed by atoms with Crippen LogP contribution in [0.15, 0.2) is 79.0 Å². The molecular formula is C37H40N6O4. The van der Waals surface area contributed by atoms with E-state index in [1.54, 1.807) is 14.2 Å². The van der Waals surface area contributed by atoms with Crippen LogP contribution in [0.3, 0.4) is 0 Å². The summed E-state index contributed by atoms with van der Waals surface area (Å²) in [4.78, 5) is 20.7. The number of carbonyl (C=O) groups is 1. The Bertz CT molecular complexity index is 1950. The fourth-order valence-corrected chi connectivity index (χ4v) is 6.61. The minimum atomic E-state index is -0.414. The quantitative estimate of drug-likeness (QED) is 0.154. The van der Waals surface area contributed by atoms with E-state index in [4.69, 9.17) is 24.4 Å². The Morgan fingerprint density at radius 1 is 0.957 bits per heavy atom. The van der Waals surface area contributed by atoms with Crippen molar-refractivity contribution in [1.29, 1.82) is 0 Å². The van der Waals surface area contributed by atoms with Crippen molar-refractivity contribution in [2.75, 3.05) is 27.4 Å². The Morgan fingerprint density at radius 2 is 1.77 bits per heavy atom. The molecule has 0 unspecified atom stereocenters. The molecule has 3 aromatic carbocycles. The van der Waals surface area contributed by atoms with Gasteiger partial charge in [-0.2, -0.15) is 0 Å². The van der Waals surface area contributed by atoms with E-state index in [0.29, 0.717) is 57.0 Å². The maximum Gasteiger partial charge on any atom is 0.223 e. The summed E-state index contributed by atoms with van der Waals surface area (Å²) in [5, 5.41) is 15.3. The zero-order chi connectivity index (χ0) is 32.2. The molecule has 0 bridgehead atoms. The predicted octanol–water partition coefficient (Wildman–Crippen LogP) is 5.92. The van der Waals surface area contributed by atoms with E-state index in [1.807, 2.05) is 48.7 Å². The summed E-state index contributed by atoms with van der Waals surface area (Å²) in [6.45, 7) is 1.65. The van der Waals surface area contributed by atoms with Gasteiger partial charge in [-0.3, -0.25) is 4.79 Å². The number of carbonyl (C=O) groups excluding carboxylic acids is 1. The highest BCUT2D eigenvalue weighted by Crippen LogP contribution is 2.30. The van der Waals surface area contributed by atoms with E-state index in [2.05, 4.69) is 50.2 Å². The van der Waals surface area contributed by atoms with Crippen molar-refractivity contribution >= 4 is 27.7 Å². The molecule has 1 aliphatic rings. The van der Waals surface area contributed by atoms with Crippen LogP contribution in [0.25, 0.3) is 21.8 Å². The standard InChI is InChI=1S/C37H40N6O4/c1-45-29-13-11-26(34(21-29)46-2)23-43-35(14-12-28-19-25-7-3-5-9-31(25)39-28)41-42-36(43)33(40-37(44)24-15-17-47-18-16-24)20-27-22-38-32-10-6-4-8-30(27)32/h3-11,13,19,21-22,24,33,38-39H,12,14-18,20,23H2,1-2H3,(H,40,44)/t33-/m1/s1. The van der Waals surface area contributed by atoms with Crippen molar-refractivity contribution in [1.82, 2.24) is 30.0 Å². The smallest absolute Gasteiger partial charge is 0.223 e. The van der Waals surface area contributed by atoms with Gasteiger partial charge in [0, 0.05) is 71.9 Å². The number of amides is 1. The summed E-state index contributed by atoms with van der Waals surface area (Å²) in [5.41, 5.74) is 5.37. The maximum atomic E-state index is 13.7. The van der Waals surface area contributed by atoms with Crippen molar-refractivity contribution in [3.63, 3.8) is 0 Å². The van der Waals surface area contributed by atoms with E-state index in [9.17, 15) is 4.79 Å². The minimum Gasteiger partial charge on any atom is -0.497 e. The van der Waals surface area contributed by atoms with Gasteiger partial charge >= 0.3 is 0 Å². The lowest BCUT2D eigenvalue weighted by molar-refractivity contribution is -0.128. The van der Waals surface area contributed by atoms with E-state index in [1.165, 1.54) is 5.39 Å². The van der Waals surface area contributed by atoms with Crippen molar-refractivity contribution in [3.05, 3.63) is 107 Å². The highest BCUT2D eigenvalue weighted by molar-refractivity contribution is 5.83. The number of hydrogen-bond acceptors (Lipinski definition) is 6. The average molecular weight is 633 g/mol. The van der Waals surface area contributed by atoms with Gasteiger partial charge in [-0.25, -0.2) is 0 Å². The van der Waals surface area contributed by atoms with Crippen LogP contribution in [0.5, 0.6) is 11.5 Å². The average Bonchev–Trinajstić information content (AvgIpc) is 3.84. The maximum absolute atomic E-state index is 13.7. The van der Waals surface area contributed by atoms with Crippen LogP contribution in [0.1, 0.15) is 47.4 Å². The summed E-state index contributed by atoms with van der Waals surface area (Å²) < 4.78 is 19.0.